The van der Waals surface area contributed by atoms with Crippen LogP contribution in [0.3, 0.4) is 0 Å². The molecule has 0 amide bonds. The Kier molecular flexibility index (Phi) is 26.0. The molecule has 0 saturated carbocycles. The molecule has 330 valence electrons. The average Bonchev–Trinajstić information content (AvgIpc) is 3.32. The summed E-state index contributed by atoms with van der Waals surface area (Å²) >= 11 is 0. The molecule has 0 aliphatic rings. The quantitative estimate of drug-likeness (QED) is 0.0758. The number of carboxylic acid groups (broad SMARTS) is 3. The van der Waals surface area contributed by atoms with Crippen LogP contribution in [-0.4, -0.2) is 73.2 Å². The van der Waals surface area contributed by atoms with Crippen molar-refractivity contribution < 1.29 is 43.9 Å². The van der Waals surface area contributed by atoms with Gasteiger partial charge < -0.3 is 59.9 Å². The molecule has 0 aliphatic heterocycles. The van der Waals surface area contributed by atoms with Crippen LogP contribution in [0.1, 0.15) is 33.4 Å². The predicted molar refractivity (Wildman–Crippen MR) is 240 cm³/mol. The molecule has 12 nitrogen and oxygen atoms in total. The van der Waals surface area contributed by atoms with Crippen LogP contribution >= 0.6 is 0 Å². The number of aliphatic carboxylic acids is 3. The summed E-state index contributed by atoms with van der Waals surface area (Å²) in [5, 5.41) is 42.5. The molecule has 3 atom stereocenters. The number of hydrogen-bond acceptors (Lipinski definition) is 12. The van der Waals surface area contributed by atoms with Gasteiger partial charge in [-0.15, -0.1) is 0 Å². The van der Waals surface area contributed by atoms with Crippen molar-refractivity contribution in [2.24, 2.45) is 0 Å². The number of carbonyl (C=O) groups is 3. The van der Waals surface area contributed by atoms with Gasteiger partial charge >= 0.3 is 17.4 Å². The van der Waals surface area contributed by atoms with Gasteiger partial charge in [-0.2, -0.15) is 0 Å². The van der Waals surface area contributed by atoms with Crippen molar-refractivity contribution in [1.82, 2.24) is 16.0 Å². The fraction of sp³-hybridized carbons (Fsp3) is 0.235. The summed E-state index contributed by atoms with van der Waals surface area (Å²) in [7, 11) is 0. The van der Waals surface area contributed by atoms with Crippen LogP contribution in [0.15, 0.2) is 182 Å². The van der Waals surface area contributed by atoms with Crippen molar-refractivity contribution in [2.45, 2.75) is 57.8 Å². The van der Waals surface area contributed by atoms with Crippen LogP contribution in [0.5, 0.6) is 0 Å². The molecule has 0 bridgehead atoms. The van der Waals surface area contributed by atoms with Crippen molar-refractivity contribution >= 4 is 35.3 Å². The van der Waals surface area contributed by atoms with E-state index in [1.165, 1.54) is 0 Å². The second-order valence-electron chi connectivity index (χ2n) is 14.2. The summed E-state index contributed by atoms with van der Waals surface area (Å²) in [6.45, 7) is 3.20. The molecule has 6 aromatic rings. The fourth-order valence-corrected chi connectivity index (χ4v) is 5.77. The Morgan fingerprint density at radius 3 is 0.719 bits per heavy atom. The fourth-order valence-electron chi connectivity index (χ4n) is 5.77. The Hall–Kier alpha value is -5.98. The van der Waals surface area contributed by atoms with E-state index in [2.05, 4.69) is 16.0 Å². The Balaban J connectivity index is 0.000000253. The van der Waals surface area contributed by atoms with E-state index in [9.17, 15) is 29.7 Å². The summed E-state index contributed by atoms with van der Waals surface area (Å²) in [5.74, 6) is -3.61. The van der Waals surface area contributed by atoms with Gasteiger partial charge in [0.15, 0.2) is 0 Å². The molecule has 0 aromatic heterocycles. The molecule has 3 N–H and O–H groups in total. The summed E-state index contributed by atoms with van der Waals surface area (Å²) in [6.07, 6.45) is -2.89. The van der Waals surface area contributed by atoms with Gasteiger partial charge in [-0.05, 0) is 33.4 Å². The number of carboxylic acids is 3. The molecule has 0 heterocycles. The Morgan fingerprint density at radius 2 is 0.531 bits per heavy atom. The Bertz CT molecular complexity index is 1880. The maximum absolute atomic E-state index is 11.1. The van der Waals surface area contributed by atoms with Gasteiger partial charge in [-0.3, -0.25) is 0 Å². The van der Waals surface area contributed by atoms with Crippen molar-refractivity contribution in [3.05, 3.63) is 215 Å². The Labute approximate surface area is 386 Å². The average molecular weight is 880 g/mol. The van der Waals surface area contributed by atoms with Gasteiger partial charge in [0.2, 0.25) is 0 Å². The van der Waals surface area contributed by atoms with E-state index in [1.54, 1.807) is 0 Å². The zero-order chi connectivity index (χ0) is 44.7. The van der Waals surface area contributed by atoms with E-state index in [-0.39, 0.29) is 56.8 Å². The van der Waals surface area contributed by atoms with Gasteiger partial charge in [-0.1, -0.05) is 182 Å². The molecule has 64 heavy (non-hydrogen) atoms. The monoisotopic (exact) mass is 879 g/mol. The van der Waals surface area contributed by atoms with Crippen molar-refractivity contribution in [1.29, 1.82) is 0 Å². The molecule has 0 unspecified atom stereocenters. The van der Waals surface area contributed by atoms with Crippen LogP contribution in [0, 0.1) is 0 Å². The molecule has 0 spiro atoms. The summed E-state index contributed by atoms with van der Waals surface area (Å²) in [6, 6.07) is 57.8. The number of carbonyl (C=O) groups excluding carboxylic acids is 3. The molecule has 0 radical (unpaired) electrons. The summed E-state index contributed by atoms with van der Waals surface area (Å²) in [5.41, 5.74) is 6.10. The van der Waals surface area contributed by atoms with E-state index in [1.807, 2.05) is 182 Å². The third-order valence-electron chi connectivity index (χ3n) is 9.18. The first-order valence-electron chi connectivity index (χ1n) is 20.6. The first-order valence-corrected chi connectivity index (χ1v) is 20.6. The van der Waals surface area contributed by atoms with Crippen LogP contribution in [0.4, 0.5) is 0 Å². The number of ether oxygens (including phenoxy) is 3. The number of nitrogens with one attached hydrogen (secondary N) is 3. The van der Waals surface area contributed by atoms with Gasteiger partial charge in [0, 0.05) is 39.3 Å². The standard InChI is InChI=1S/3C17H19NO3.Al/c3*19-17(20)16(21-13-15-9-5-2-6-10-15)12-18-11-14-7-3-1-4-8-14;/h3*1-10,16,18H,11-13H2,(H,19,20);/q;;;+3/p-3/t3*16-;/m111./s1. The first kappa shape index (κ1) is 52.4. The predicted octanol–water partition coefficient (Wildman–Crippen LogP) is 2.95. The van der Waals surface area contributed by atoms with Gasteiger partial charge in [0.1, 0.15) is 18.3 Å². The van der Waals surface area contributed by atoms with Crippen LogP contribution < -0.4 is 31.3 Å². The molecular formula is C51H54AlN3O9. The second-order valence-corrected chi connectivity index (χ2v) is 14.2. The van der Waals surface area contributed by atoms with E-state index >= 15 is 0 Å². The molecule has 0 saturated heterocycles. The van der Waals surface area contributed by atoms with E-state index in [4.69, 9.17) is 14.2 Å². The maximum atomic E-state index is 11.1. The van der Waals surface area contributed by atoms with Gasteiger partial charge in [0.05, 0.1) is 37.7 Å². The minimum atomic E-state index is -1.20. The van der Waals surface area contributed by atoms with Crippen molar-refractivity contribution in [2.75, 3.05) is 19.6 Å². The topological polar surface area (TPSA) is 184 Å². The third-order valence-corrected chi connectivity index (χ3v) is 9.18. The van der Waals surface area contributed by atoms with Gasteiger partial charge in [-0.25, -0.2) is 0 Å². The van der Waals surface area contributed by atoms with Crippen molar-refractivity contribution in [3.8, 4) is 0 Å². The molecule has 0 aliphatic carbocycles. The van der Waals surface area contributed by atoms with E-state index in [0.29, 0.717) is 19.6 Å². The first-order chi connectivity index (χ1) is 30.8. The van der Waals surface area contributed by atoms with E-state index < -0.39 is 36.2 Å². The zero-order valence-electron chi connectivity index (χ0n) is 35.7. The molecular weight excluding hydrogens is 826 g/mol. The molecule has 0 fully saturated rings. The van der Waals surface area contributed by atoms with Gasteiger partial charge in [0.25, 0.3) is 0 Å². The number of benzene rings is 6. The Morgan fingerprint density at radius 1 is 0.344 bits per heavy atom. The zero-order valence-corrected chi connectivity index (χ0v) is 36.8. The van der Waals surface area contributed by atoms with Crippen LogP contribution in [0.2, 0.25) is 0 Å². The third kappa shape index (κ3) is 22.4. The number of rotatable bonds is 24. The van der Waals surface area contributed by atoms with Crippen molar-refractivity contribution in [3.63, 3.8) is 0 Å². The largest absolute Gasteiger partial charge is 3.00 e. The van der Waals surface area contributed by atoms with Crippen LogP contribution in [-0.2, 0) is 68.0 Å². The maximum Gasteiger partial charge on any atom is 3.00 e. The molecule has 13 heteroatoms. The minimum Gasteiger partial charge on any atom is -0.547 e. The summed E-state index contributed by atoms with van der Waals surface area (Å²) in [4.78, 5) is 33.3. The van der Waals surface area contributed by atoms with Crippen LogP contribution in [0.25, 0.3) is 0 Å². The normalized spacial score (nSPS) is 11.8. The second kappa shape index (κ2) is 31.8. The smallest absolute Gasteiger partial charge is 0.547 e. The SMILES string of the molecule is O=C([O-])[C@@H](CNCc1ccccc1)OCc1ccccc1.O=C([O-])[C@@H](CNCc1ccccc1)OCc1ccccc1.O=C([O-])[C@@H](CNCc1ccccc1)OCc1ccccc1.[Al+3]. The number of hydrogen-bond donors (Lipinski definition) is 3. The minimum absolute atomic E-state index is 0. The molecule has 6 rings (SSSR count). The molecule has 6 aromatic carbocycles. The van der Waals surface area contributed by atoms with E-state index in [0.717, 1.165) is 33.4 Å². The summed E-state index contributed by atoms with van der Waals surface area (Å²) < 4.78 is 16.2.